The number of benzene rings is 1. The molecule has 21 heavy (non-hydrogen) atoms. The van der Waals surface area contributed by atoms with E-state index in [-0.39, 0.29) is 27.5 Å². The summed E-state index contributed by atoms with van der Waals surface area (Å²) < 4.78 is 39.0. The number of nitrogens with one attached hydrogen (secondary N) is 2. The zero-order valence-corrected chi connectivity index (χ0v) is 12.1. The minimum absolute atomic E-state index is 0.0161. The first-order valence-electron chi connectivity index (χ1n) is 5.65. The average molecular weight is 337 g/mol. The summed E-state index contributed by atoms with van der Waals surface area (Å²) in [7, 11) is 1.58. The van der Waals surface area contributed by atoms with Gasteiger partial charge in [0.15, 0.2) is 5.82 Å². The van der Waals surface area contributed by atoms with Crippen LogP contribution in [0.2, 0.25) is 10.0 Å². The van der Waals surface area contributed by atoms with Crippen LogP contribution in [-0.4, -0.2) is 17.0 Å². The van der Waals surface area contributed by atoms with Gasteiger partial charge in [-0.2, -0.15) is 18.2 Å². The molecule has 0 atom stereocenters. The molecule has 9 heteroatoms. The molecule has 0 aliphatic rings. The first-order valence-corrected chi connectivity index (χ1v) is 6.41. The standard InChI is InChI=1S/C12H9Cl2F3N4/c1-18-11-19-5-8(14)10(21-11)20-9-3-2-6(13)4-7(9)12(15,16)17/h2-5H,1H3,(H2,18,19,20,21). The molecule has 0 saturated carbocycles. The monoisotopic (exact) mass is 336 g/mol. The number of anilines is 3. The maximum Gasteiger partial charge on any atom is 0.418 e. The van der Waals surface area contributed by atoms with Crippen molar-refractivity contribution in [3.05, 3.63) is 40.0 Å². The number of nitrogens with zero attached hydrogens (tertiary/aromatic N) is 2. The normalized spacial score (nSPS) is 11.3. The van der Waals surface area contributed by atoms with Crippen molar-refractivity contribution in [3.63, 3.8) is 0 Å². The van der Waals surface area contributed by atoms with Crippen LogP contribution in [0.1, 0.15) is 5.56 Å². The van der Waals surface area contributed by atoms with Crippen molar-refractivity contribution in [3.8, 4) is 0 Å². The lowest BCUT2D eigenvalue weighted by molar-refractivity contribution is -0.136. The second-order valence-electron chi connectivity index (χ2n) is 3.95. The lowest BCUT2D eigenvalue weighted by Crippen LogP contribution is -2.10. The van der Waals surface area contributed by atoms with Crippen LogP contribution in [0, 0.1) is 0 Å². The van der Waals surface area contributed by atoms with Gasteiger partial charge in [-0.15, -0.1) is 0 Å². The highest BCUT2D eigenvalue weighted by molar-refractivity contribution is 6.33. The molecule has 1 aromatic carbocycles. The summed E-state index contributed by atoms with van der Waals surface area (Å²) >= 11 is 11.5. The minimum Gasteiger partial charge on any atom is -0.357 e. The quantitative estimate of drug-likeness (QED) is 0.860. The molecule has 112 valence electrons. The van der Waals surface area contributed by atoms with E-state index in [1.54, 1.807) is 7.05 Å². The molecule has 2 rings (SSSR count). The Morgan fingerprint density at radius 3 is 2.52 bits per heavy atom. The number of hydrogen-bond acceptors (Lipinski definition) is 4. The Kier molecular flexibility index (Phi) is 4.43. The van der Waals surface area contributed by atoms with Crippen molar-refractivity contribution < 1.29 is 13.2 Å². The fourth-order valence-corrected chi connectivity index (χ4v) is 1.87. The highest BCUT2D eigenvalue weighted by Gasteiger charge is 2.34. The summed E-state index contributed by atoms with van der Waals surface area (Å²) in [5.41, 5.74) is -1.11. The van der Waals surface area contributed by atoms with E-state index in [1.165, 1.54) is 18.3 Å². The van der Waals surface area contributed by atoms with Gasteiger partial charge < -0.3 is 10.6 Å². The van der Waals surface area contributed by atoms with Crippen LogP contribution in [0.5, 0.6) is 0 Å². The first-order chi connectivity index (χ1) is 9.81. The molecular weight excluding hydrogens is 328 g/mol. The first kappa shape index (κ1) is 15.7. The molecule has 2 aromatic rings. The van der Waals surface area contributed by atoms with Crippen LogP contribution >= 0.6 is 23.2 Å². The second-order valence-corrected chi connectivity index (χ2v) is 4.80. The molecule has 1 aromatic heterocycles. The molecule has 1 heterocycles. The van der Waals surface area contributed by atoms with Crippen molar-refractivity contribution >= 4 is 40.7 Å². The summed E-state index contributed by atoms with van der Waals surface area (Å²) in [6, 6.07) is 3.38. The Bertz CT molecular complexity index is 661. The Morgan fingerprint density at radius 2 is 1.90 bits per heavy atom. The summed E-state index contributed by atoms with van der Waals surface area (Å²) in [5, 5.41) is 5.30. The molecule has 2 N–H and O–H groups in total. The number of rotatable bonds is 3. The van der Waals surface area contributed by atoms with Gasteiger partial charge in [0.05, 0.1) is 17.4 Å². The average Bonchev–Trinajstić information content (AvgIpc) is 2.42. The largest absolute Gasteiger partial charge is 0.418 e. The van der Waals surface area contributed by atoms with E-state index in [9.17, 15) is 13.2 Å². The van der Waals surface area contributed by atoms with Gasteiger partial charge in [-0.25, -0.2) is 4.98 Å². The summed E-state index contributed by atoms with van der Waals surface area (Å²) in [6.45, 7) is 0. The number of aromatic nitrogens is 2. The predicted molar refractivity (Wildman–Crippen MR) is 76.3 cm³/mol. The van der Waals surface area contributed by atoms with E-state index in [4.69, 9.17) is 23.2 Å². The van der Waals surface area contributed by atoms with Gasteiger partial charge in [-0.05, 0) is 18.2 Å². The predicted octanol–water partition coefficient (Wildman–Crippen LogP) is 4.59. The zero-order chi connectivity index (χ0) is 15.6. The van der Waals surface area contributed by atoms with Gasteiger partial charge >= 0.3 is 6.18 Å². The number of halogens is 5. The third-order valence-corrected chi connectivity index (χ3v) is 3.02. The van der Waals surface area contributed by atoms with Crippen molar-refractivity contribution in [2.24, 2.45) is 0 Å². The van der Waals surface area contributed by atoms with Crippen molar-refractivity contribution in [2.45, 2.75) is 6.18 Å². The lowest BCUT2D eigenvalue weighted by atomic mass is 10.1. The van der Waals surface area contributed by atoms with Gasteiger partial charge in [0.1, 0.15) is 5.02 Å². The molecule has 0 aliphatic heterocycles. The van der Waals surface area contributed by atoms with Gasteiger partial charge in [-0.3, -0.25) is 0 Å². The van der Waals surface area contributed by atoms with Gasteiger partial charge in [0.2, 0.25) is 5.95 Å². The van der Waals surface area contributed by atoms with Gasteiger partial charge in [0, 0.05) is 12.1 Å². The smallest absolute Gasteiger partial charge is 0.357 e. The number of hydrogen-bond donors (Lipinski definition) is 2. The van der Waals surface area contributed by atoms with E-state index in [2.05, 4.69) is 20.6 Å². The molecular formula is C12H9Cl2F3N4. The second kappa shape index (κ2) is 5.95. The Labute approximate surface area is 128 Å². The molecule has 0 bridgehead atoms. The Balaban J connectivity index is 2.45. The van der Waals surface area contributed by atoms with E-state index in [0.29, 0.717) is 0 Å². The summed E-state index contributed by atoms with van der Waals surface area (Å²) in [4.78, 5) is 7.81. The SMILES string of the molecule is CNc1ncc(Cl)c(Nc2ccc(Cl)cc2C(F)(F)F)n1. The maximum absolute atomic E-state index is 13.0. The third-order valence-electron chi connectivity index (χ3n) is 2.51. The zero-order valence-electron chi connectivity index (χ0n) is 10.6. The highest BCUT2D eigenvalue weighted by atomic mass is 35.5. The maximum atomic E-state index is 13.0. The van der Waals surface area contributed by atoms with Gasteiger partial charge in [0.25, 0.3) is 0 Å². The Hall–Kier alpha value is -1.73. The summed E-state index contributed by atoms with van der Waals surface area (Å²) in [5.74, 6) is 0.285. The van der Waals surface area contributed by atoms with Crippen LogP contribution in [-0.2, 0) is 6.18 Å². The molecule has 4 nitrogen and oxygen atoms in total. The molecule has 0 amide bonds. The number of alkyl halides is 3. The highest BCUT2D eigenvalue weighted by Crippen LogP contribution is 2.38. The fraction of sp³-hybridized carbons (Fsp3) is 0.167. The van der Waals surface area contributed by atoms with Crippen molar-refractivity contribution in [1.29, 1.82) is 0 Å². The fourth-order valence-electron chi connectivity index (χ4n) is 1.56. The molecule has 0 saturated heterocycles. The summed E-state index contributed by atoms with van der Waals surface area (Å²) in [6.07, 6.45) is -3.27. The van der Waals surface area contributed by atoms with Crippen LogP contribution in [0.3, 0.4) is 0 Å². The van der Waals surface area contributed by atoms with E-state index >= 15 is 0 Å². The topological polar surface area (TPSA) is 49.8 Å². The van der Waals surface area contributed by atoms with Crippen LogP contribution in [0.25, 0.3) is 0 Å². The van der Waals surface area contributed by atoms with E-state index in [0.717, 1.165) is 6.07 Å². The minimum atomic E-state index is -4.56. The molecule has 0 aliphatic carbocycles. The van der Waals surface area contributed by atoms with Crippen LogP contribution in [0.4, 0.5) is 30.6 Å². The third kappa shape index (κ3) is 3.68. The van der Waals surface area contributed by atoms with Gasteiger partial charge in [-0.1, -0.05) is 23.2 Å². The van der Waals surface area contributed by atoms with Crippen molar-refractivity contribution in [1.82, 2.24) is 9.97 Å². The lowest BCUT2D eigenvalue weighted by Gasteiger charge is -2.15. The van der Waals surface area contributed by atoms with E-state index in [1.807, 2.05) is 0 Å². The van der Waals surface area contributed by atoms with E-state index < -0.39 is 11.7 Å². The Morgan fingerprint density at radius 1 is 1.19 bits per heavy atom. The molecule has 0 fully saturated rings. The van der Waals surface area contributed by atoms with Crippen LogP contribution < -0.4 is 10.6 Å². The molecule has 0 unspecified atom stereocenters. The van der Waals surface area contributed by atoms with Crippen LogP contribution in [0.15, 0.2) is 24.4 Å². The molecule has 0 spiro atoms. The molecule has 0 radical (unpaired) electrons. The van der Waals surface area contributed by atoms with Crippen molar-refractivity contribution in [2.75, 3.05) is 17.7 Å².